The summed E-state index contributed by atoms with van der Waals surface area (Å²) in [6.45, 7) is 8.69. The molecule has 1 aromatic rings. The zero-order valence-electron chi connectivity index (χ0n) is 19.0. The van der Waals surface area contributed by atoms with E-state index in [0.29, 0.717) is 30.9 Å². The molecule has 2 rings (SSSR count). The number of rotatable bonds is 11. The minimum absolute atomic E-state index is 0.0213. The number of nitrogens with zero attached hydrogens (tertiary/aromatic N) is 2. The molecule has 10 heteroatoms. The predicted octanol–water partition coefficient (Wildman–Crippen LogP) is 2.96. The highest BCUT2D eigenvalue weighted by atomic mass is 32.1. The van der Waals surface area contributed by atoms with Crippen LogP contribution in [0.15, 0.2) is 29.8 Å². The number of hydrogen-bond donors (Lipinski definition) is 2. The lowest BCUT2D eigenvalue weighted by Crippen LogP contribution is -2.48. The third-order valence-corrected chi connectivity index (χ3v) is 5.45. The van der Waals surface area contributed by atoms with Gasteiger partial charge in [0.2, 0.25) is 5.91 Å². The number of methoxy groups -OCH3 is 2. The van der Waals surface area contributed by atoms with E-state index in [9.17, 15) is 14.0 Å². The molecule has 1 heterocycles. The van der Waals surface area contributed by atoms with Gasteiger partial charge in [-0.3, -0.25) is 9.69 Å². The van der Waals surface area contributed by atoms with Gasteiger partial charge < -0.3 is 24.4 Å². The van der Waals surface area contributed by atoms with E-state index in [1.807, 2.05) is 13.8 Å². The number of likely N-dealkylation sites (tertiary alicyclic amines) is 1. The Bertz CT molecular complexity index is 823. The van der Waals surface area contributed by atoms with Crippen LogP contribution in [0, 0.1) is 5.82 Å². The smallest absolute Gasteiger partial charge is 0.323 e. The molecular weight excluding hydrogens is 437 g/mol. The Morgan fingerprint density at radius 2 is 2.09 bits per heavy atom. The number of ether oxygens (including phenoxy) is 3. The lowest BCUT2D eigenvalue weighted by Gasteiger charge is -2.29. The fourth-order valence-electron chi connectivity index (χ4n) is 3.52. The van der Waals surface area contributed by atoms with E-state index in [2.05, 4.69) is 24.5 Å². The predicted molar refractivity (Wildman–Crippen MR) is 122 cm³/mol. The highest BCUT2D eigenvalue weighted by Gasteiger charge is 2.35. The Hall–Kier alpha value is -2.30. The average molecular weight is 470 g/mol. The second-order valence-corrected chi connectivity index (χ2v) is 8.20. The van der Waals surface area contributed by atoms with Crippen molar-refractivity contribution < 1.29 is 28.2 Å². The van der Waals surface area contributed by atoms with Crippen molar-refractivity contribution in [3.8, 4) is 5.75 Å². The molecule has 8 nitrogen and oxygen atoms in total. The van der Waals surface area contributed by atoms with Crippen LogP contribution in [0.25, 0.3) is 0 Å². The molecule has 1 fully saturated rings. The van der Waals surface area contributed by atoms with Crippen molar-refractivity contribution in [1.82, 2.24) is 15.1 Å². The fourth-order valence-corrected chi connectivity index (χ4v) is 3.69. The maximum absolute atomic E-state index is 14.0. The van der Waals surface area contributed by atoms with Gasteiger partial charge in [0.1, 0.15) is 23.7 Å². The van der Waals surface area contributed by atoms with Crippen LogP contribution in [-0.4, -0.2) is 74.3 Å². The van der Waals surface area contributed by atoms with Gasteiger partial charge in [-0.1, -0.05) is 6.58 Å². The Morgan fingerprint density at radius 3 is 2.66 bits per heavy atom. The standard InChI is InChI=1S/C22H32FN3O5S/c1-14(2)25-9-8-18(21(25)27)24-22(28)26(15(3)32)13-20(31-11-10-29-4)17-12-16(23)6-7-19(17)30-5/h6-7,12,14,18,20,32H,3,8-11,13H2,1-2,4-5H3,(H,24,28)/t18?,20-/m0/s1. The highest BCUT2D eigenvalue weighted by molar-refractivity contribution is 7.84. The topological polar surface area (TPSA) is 80.3 Å². The molecule has 0 aromatic heterocycles. The van der Waals surface area contributed by atoms with Gasteiger partial charge in [0, 0.05) is 25.3 Å². The summed E-state index contributed by atoms with van der Waals surface area (Å²) in [5.41, 5.74) is 0.430. The number of amides is 3. The summed E-state index contributed by atoms with van der Waals surface area (Å²) in [7, 11) is 3.01. The summed E-state index contributed by atoms with van der Waals surface area (Å²) in [4.78, 5) is 28.6. The van der Waals surface area contributed by atoms with Crippen LogP contribution >= 0.6 is 12.6 Å². The summed E-state index contributed by atoms with van der Waals surface area (Å²) in [5.74, 6) is -0.178. The van der Waals surface area contributed by atoms with Gasteiger partial charge in [-0.25, -0.2) is 9.18 Å². The maximum Gasteiger partial charge on any atom is 0.323 e. The molecule has 0 spiro atoms. The minimum Gasteiger partial charge on any atom is -0.496 e. The first-order valence-electron chi connectivity index (χ1n) is 10.4. The molecule has 32 heavy (non-hydrogen) atoms. The number of hydrogen-bond acceptors (Lipinski definition) is 6. The van der Waals surface area contributed by atoms with E-state index in [1.54, 1.807) is 4.90 Å². The summed E-state index contributed by atoms with van der Waals surface area (Å²) in [5, 5.41) is 2.92. The van der Waals surface area contributed by atoms with Crippen molar-refractivity contribution in [3.05, 3.63) is 41.2 Å². The largest absolute Gasteiger partial charge is 0.496 e. The minimum atomic E-state index is -0.753. The van der Waals surface area contributed by atoms with Crippen molar-refractivity contribution in [2.75, 3.05) is 40.5 Å². The number of halogens is 1. The first-order chi connectivity index (χ1) is 15.2. The van der Waals surface area contributed by atoms with Crippen LogP contribution in [-0.2, 0) is 14.3 Å². The zero-order chi connectivity index (χ0) is 23.8. The monoisotopic (exact) mass is 469 g/mol. The van der Waals surface area contributed by atoms with Crippen molar-refractivity contribution in [2.45, 2.75) is 38.5 Å². The molecule has 1 unspecified atom stereocenters. The second-order valence-electron chi connectivity index (χ2n) is 7.68. The molecule has 0 saturated carbocycles. The van der Waals surface area contributed by atoms with Crippen LogP contribution < -0.4 is 10.1 Å². The molecular formula is C22H32FN3O5S. The summed E-state index contributed by atoms with van der Waals surface area (Å²) in [6, 6.07) is 2.97. The second kappa shape index (κ2) is 12.1. The molecule has 0 bridgehead atoms. The number of thiol groups is 1. The molecule has 0 aliphatic carbocycles. The van der Waals surface area contributed by atoms with Gasteiger partial charge in [0.25, 0.3) is 0 Å². The van der Waals surface area contributed by atoms with Gasteiger partial charge in [0.05, 0.1) is 31.9 Å². The number of benzene rings is 1. The average Bonchev–Trinajstić information content (AvgIpc) is 3.10. The van der Waals surface area contributed by atoms with E-state index in [4.69, 9.17) is 14.2 Å². The van der Waals surface area contributed by atoms with Crippen molar-refractivity contribution in [1.29, 1.82) is 0 Å². The van der Waals surface area contributed by atoms with Gasteiger partial charge in [-0.2, -0.15) is 0 Å². The van der Waals surface area contributed by atoms with Gasteiger partial charge >= 0.3 is 6.03 Å². The van der Waals surface area contributed by atoms with E-state index in [-0.39, 0.29) is 30.1 Å². The normalized spacial score (nSPS) is 16.9. The molecule has 1 N–H and O–H groups in total. The third-order valence-electron chi connectivity index (χ3n) is 5.21. The molecule has 2 atom stereocenters. The number of carbonyl (C=O) groups excluding carboxylic acids is 2. The summed E-state index contributed by atoms with van der Waals surface area (Å²) >= 11 is 4.26. The number of carbonyl (C=O) groups is 2. The number of urea groups is 1. The van der Waals surface area contributed by atoms with Crippen LogP contribution in [0.4, 0.5) is 9.18 Å². The van der Waals surface area contributed by atoms with Crippen molar-refractivity contribution >= 4 is 24.6 Å². The van der Waals surface area contributed by atoms with E-state index in [1.165, 1.54) is 37.3 Å². The molecule has 1 aromatic carbocycles. The molecule has 1 aliphatic rings. The van der Waals surface area contributed by atoms with Gasteiger partial charge in [-0.05, 0) is 38.5 Å². The number of nitrogens with one attached hydrogen (secondary N) is 1. The van der Waals surface area contributed by atoms with Gasteiger partial charge in [0.15, 0.2) is 0 Å². The van der Waals surface area contributed by atoms with Crippen LogP contribution in [0.2, 0.25) is 0 Å². The van der Waals surface area contributed by atoms with E-state index < -0.39 is 24.0 Å². The molecule has 1 aliphatic heterocycles. The molecule has 1 saturated heterocycles. The van der Waals surface area contributed by atoms with Crippen LogP contribution in [0.3, 0.4) is 0 Å². The fraction of sp³-hybridized carbons (Fsp3) is 0.545. The lowest BCUT2D eigenvalue weighted by atomic mass is 10.1. The first-order valence-corrected chi connectivity index (χ1v) is 10.8. The Labute approximate surface area is 194 Å². The van der Waals surface area contributed by atoms with Crippen molar-refractivity contribution in [3.63, 3.8) is 0 Å². The maximum atomic E-state index is 14.0. The third kappa shape index (κ3) is 6.60. The van der Waals surface area contributed by atoms with Crippen molar-refractivity contribution in [2.24, 2.45) is 0 Å². The SMILES string of the molecule is C=C(S)N(C[C@H](OCCOC)c1cc(F)ccc1OC)C(=O)NC1CCN(C(C)C)C1=O. The van der Waals surface area contributed by atoms with E-state index in [0.717, 1.165) is 0 Å². The van der Waals surface area contributed by atoms with E-state index >= 15 is 0 Å². The van der Waals surface area contributed by atoms with Crippen LogP contribution in [0.1, 0.15) is 31.9 Å². The Kier molecular flexibility index (Phi) is 9.80. The Morgan fingerprint density at radius 1 is 1.38 bits per heavy atom. The highest BCUT2D eigenvalue weighted by Crippen LogP contribution is 2.30. The quantitative estimate of drug-likeness (QED) is 0.385. The Balaban J connectivity index is 2.22. The summed E-state index contributed by atoms with van der Waals surface area (Å²) < 4.78 is 30.3. The summed E-state index contributed by atoms with van der Waals surface area (Å²) in [6.07, 6.45) is -0.238. The molecule has 178 valence electrons. The molecule has 3 amide bonds. The van der Waals surface area contributed by atoms with Gasteiger partial charge in [-0.15, -0.1) is 12.6 Å². The zero-order valence-corrected chi connectivity index (χ0v) is 19.9. The lowest BCUT2D eigenvalue weighted by molar-refractivity contribution is -0.130. The molecule has 0 radical (unpaired) electrons. The van der Waals surface area contributed by atoms with Crippen LogP contribution in [0.5, 0.6) is 5.75 Å². The first kappa shape index (κ1) is 26.0.